The van der Waals surface area contributed by atoms with E-state index in [0.29, 0.717) is 12.6 Å². The van der Waals surface area contributed by atoms with E-state index < -0.39 is 0 Å². The van der Waals surface area contributed by atoms with Gasteiger partial charge >= 0.3 is 0 Å². The van der Waals surface area contributed by atoms with Crippen LogP contribution in [-0.2, 0) is 4.79 Å². The molecule has 0 unspecified atom stereocenters. The molecule has 0 aromatic heterocycles. The molecule has 19 heavy (non-hydrogen) atoms. The highest BCUT2D eigenvalue weighted by molar-refractivity contribution is 5.93. The average molecular weight is 261 g/mol. The van der Waals surface area contributed by atoms with Gasteiger partial charge < -0.3 is 10.6 Å². The third-order valence-electron chi connectivity index (χ3n) is 3.91. The number of benzene rings is 1. The van der Waals surface area contributed by atoms with Crippen LogP contribution in [0.5, 0.6) is 0 Å². The monoisotopic (exact) mass is 261 g/mol. The second-order valence-electron chi connectivity index (χ2n) is 5.17. The third-order valence-corrected chi connectivity index (χ3v) is 3.91. The largest absolute Gasteiger partial charge is 0.325 e. The van der Waals surface area contributed by atoms with Gasteiger partial charge in [-0.15, -0.1) is 0 Å². The summed E-state index contributed by atoms with van der Waals surface area (Å²) in [5, 5.41) is 6.26. The van der Waals surface area contributed by atoms with Crippen LogP contribution in [0.4, 0.5) is 5.69 Å². The Kier molecular flexibility index (Phi) is 4.56. The summed E-state index contributed by atoms with van der Waals surface area (Å²) in [6.45, 7) is 9.56. The summed E-state index contributed by atoms with van der Waals surface area (Å²) in [7, 11) is 0. The molecule has 1 aromatic carbocycles. The Morgan fingerprint density at radius 1 is 1.42 bits per heavy atom. The fourth-order valence-corrected chi connectivity index (χ4v) is 2.29. The lowest BCUT2D eigenvalue weighted by molar-refractivity contribution is -0.118. The number of carbonyl (C=O) groups is 1. The molecular weight excluding hydrogens is 238 g/mol. The minimum atomic E-state index is 0.0717. The minimum absolute atomic E-state index is 0.0717. The molecule has 0 saturated carbocycles. The lowest BCUT2D eigenvalue weighted by atomic mass is 10.1. The molecule has 0 bridgehead atoms. The van der Waals surface area contributed by atoms with Crippen LogP contribution in [0.15, 0.2) is 18.2 Å². The van der Waals surface area contributed by atoms with Crippen molar-refractivity contribution in [3.05, 3.63) is 29.3 Å². The van der Waals surface area contributed by atoms with Gasteiger partial charge in [0.15, 0.2) is 0 Å². The number of anilines is 1. The van der Waals surface area contributed by atoms with Gasteiger partial charge in [0.1, 0.15) is 0 Å². The molecule has 1 aliphatic rings. The zero-order valence-electron chi connectivity index (χ0n) is 12.0. The van der Waals surface area contributed by atoms with Crippen LogP contribution < -0.4 is 10.6 Å². The first-order valence-electron chi connectivity index (χ1n) is 6.92. The number of nitrogens with zero attached hydrogens (tertiary/aromatic N) is 1. The maximum Gasteiger partial charge on any atom is 0.238 e. The van der Waals surface area contributed by atoms with Gasteiger partial charge in [-0.1, -0.05) is 19.1 Å². The molecule has 2 N–H and O–H groups in total. The predicted molar refractivity (Wildman–Crippen MR) is 78.5 cm³/mol. The van der Waals surface area contributed by atoms with E-state index in [1.807, 2.05) is 19.1 Å². The Morgan fingerprint density at radius 2 is 2.16 bits per heavy atom. The summed E-state index contributed by atoms with van der Waals surface area (Å²) in [4.78, 5) is 14.3. The van der Waals surface area contributed by atoms with E-state index in [2.05, 4.69) is 35.4 Å². The maximum absolute atomic E-state index is 12.1. The van der Waals surface area contributed by atoms with Gasteiger partial charge in [0.2, 0.25) is 5.91 Å². The third kappa shape index (κ3) is 3.33. The van der Waals surface area contributed by atoms with E-state index in [-0.39, 0.29) is 5.91 Å². The highest BCUT2D eigenvalue weighted by Crippen LogP contribution is 2.18. The number of hydrogen-bond acceptors (Lipinski definition) is 3. The Morgan fingerprint density at radius 3 is 2.74 bits per heavy atom. The topological polar surface area (TPSA) is 44.4 Å². The summed E-state index contributed by atoms with van der Waals surface area (Å²) in [6.07, 6.45) is 0. The summed E-state index contributed by atoms with van der Waals surface area (Å²) >= 11 is 0. The van der Waals surface area contributed by atoms with Crippen LogP contribution in [-0.4, -0.2) is 43.0 Å². The molecule has 1 heterocycles. The first-order chi connectivity index (χ1) is 9.11. The van der Waals surface area contributed by atoms with Crippen LogP contribution in [0.25, 0.3) is 0 Å². The zero-order chi connectivity index (χ0) is 13.8. The van der Waals surface area contributed by atoms with E-state index in [9.17, 15) is 4.79 Å². The summed E-state index contributed by atoms with van der Waals surface area (Å²) in [5.41, 5.74) is 3.27. The molecule has 0 spiro atoms. The zero-order valence-corrected chi connectivity index (χ0v) is 12.0. The number of carbonyl (C=O) groups excluding carboxylic acids is 1. The van der Waals surface area contributed by atoms with Crippen LogP contribution in [0.2, 0.25) is 0 Å². The van der Waals surface area contributed by atoms with E-state index in [1.54, 1.807) is 0 Å². The maximum atomic E-state index is 12.1. The van der Waals surface area contributed by atoms with Crippen molar-refractivity contribution < 1.29 is 4.79 Å². The lowest BCUT2D eigenvalue weighted by Crippen LogP contribution is -2.58. The molecule has 4 nitrogen and oxygen atoms in total. The molecule has 104 valence electrons. The van der Waals surface area contributed by atoms with Crippen molar-refractivity contribution >= 4 is 11.6 Å². The molecule has 1 aromatic rings. The molecule has 1 amide bonds. The van der Waals surface area contributed by atoms with Crippen molar-refractivity contribution in [1.82, 2.24) is 10.2 Å². The first kappa shape index (κ1) is 14.0. The molecule has 4 heteroatoms. The molecule has 1 fully saturated rings. The minimum Gasteiger partial charge on any atom is -0.325 e. The lowest BCUT2D eigenvalue weighted by Gasteiger charge is -2.37. The number of likely N-dealkylation sites (N-methyl/N-ethyl adjacent to an activating group) is 1. The summed E-state index contributed by atoms with van der Waals surface area (Å²) in [6, 6.07) is 6.50. The van der Waals surface area contributed by atoms with E-state index in [0.717, 1.165) is 30.9 Å². The normalized spacial score (nSPS) is 15.4. The quantitative estimate of drug-likeness (QED) is 0.845. The van der Waals surface area contributed by atoms with Crippen molar-refractivity contribution in [2.75, 3.05) is 31.5 Å². The highest BCUT2D eigenvalue weighted by Gasteiger charge is 2.24. The second-order valence-corrected chi connectivity index (χ2v) is 5.17. The van der Waals surface area contributed by atoms with Crippen LogP contribution >= 0.6 is 0 Å². The van der Waals surface area contributed by atoms with Gasteiger partial charge in [-0.2, -0.15) is 0 Å². The highest BCUT2D eigenvalue weighted by atomic mass is 16.2. The molecule has 0 aliphatic carbocycles. The van der Waals surface area contributed by atoms with Crippen molar-refractivity contribution in [2.45, 2.75) is 26.8 Å². The average Bonchev–Trinajstić information content (AvgIpc) is 2.32. The summed E-state index contributed by atoms with van der Waals surface area (Å²) in [5.74, 6) is 0.0717. The van der Waals surface area contributed by atoms with Gasteiger partial charge in [0, 0.05) is 24.8 Å². The Bertz CT molecular complexity index is 455. The molecule has 1 saturated heterocycles. The molecule has 0 atom stereocenters. The number of nitrogens with one attached hydrogen (secondary N) is 2. The molecule has 0 radical (unpaired) electrons. The molecule has 2 rings (SSSR count). The standard InChI is InChI=1S/C15H23N3O/c1-4-18(13-8-16-9-13)10-15(19)17-14-7-5-6-11(2)12(14)3/h5-7,13,16H,4,8-10H2,1-3H3,(H,17,19). The van der Waals surface area contributed by atoms with Crippen molar-refractivity contribution in [3.8, 4) is 0 Å². The molecular formula is C15H23N3O. The van der Waals surface area contributed by atoms with Gasteiger partial charge in [-0.05, 0) is 37.6 Å². The van der Waals surface area contributed by atoms with Crippen LogP contribution in [0.3, 0.4) is 0 Å². The van der Waals surface area contributed by atoms with Gasteiger partial charge in [-0.25, -0.2) is 0 Å². The smallest absolute Gasteiger partial charge is 0.238 e. The fourth-order valence-electron chi connectivity index (χ4n) is 2.29. The number of aryl methyl sites for hydroxylation is 1. The predicted octanol–water partition coefficient (Wildman–Crippen LogP) is 1.54. The number of amides is 1. The van der Waals surface area contributed by atoms with Gasteiger partial charge in [0.05, 0.1) is 6.54 Å². The fraction of sp³-hybridized carbons (Fsp3) is 0.533. The first-order valence-corrected chi connectivity index (χ1v) is 6.92. The van der Waals surface area contributed by atoms with Crippen LogP contribution in [0.1, 0.15) is 18.1 Å². The van der Waals surface area contributed by atoms with Crippen LogP contribution in [0, 0.1) is 13.8 Å². The van der Waals surface area contributed by atoms with E-state index >= 15 is 0 Å². The van der Waals surface area contributed by atoms with E-state index in [4.69, 9.17) is 0 Å². The second kappa shape index (κ2) is 6.17. The SMILES string of the molecule is CCN(CC(=O)Nc1cccc(C)c1C)C1CNC1. The Labute approximate surface area is 115 Å². The van der Waals surface area contributed by atoms with Gasteiger partial charge in [-0.3, -0.25) is 9.69 Å². The Hall–Kier alpha value is -1.39. The van der Waals surface area contributed by atoms with Crippen molar-refractivity contribution in [2.24, 2.45) is 0 Å². The molecule has 1 aliphatic heterocycles. The summed E-state index contributed by atoms with van der Waals surface area (Å²) < 4.78 is 0. The van der Waals surface area contributed by atoms with Gasteiger partial charge in [0.25, 0.3) is 0 Å². The number of hydrogen-bond donors (Lipinski definition) is 2. The number of rotatable bonds is 5. The van der Waals surface area contributed by atoms with Crippen molar-refractivity contribution in [1.29, 1.82) is 0 Å². The van der Waals surface area contributed by atoms with Crippen molar-refractivity contribution in [3.63, 3.8) is 0 Å². The van der Waals surface area contributed by atoms with E-state index in [1.165, 1.54) is 5.56 Å². The Balaban J connectivity index is 1.94.